The molecular formula is C13H16BrN3OS. The van der Waals surface area contributed by atoms with Gasteiger partial charge in [-0.25, -0.2) is 0 Å². The molecule has 0 saturated heterocycles. The smallest absolute Gasteiger partial charge is 0.230 e. The Balaban J connectivity index is 1.72. The van der Waals surface area contributed by atoms with Crippen LogP contribution in [0.15, 0.2) is 20.4 Å². The van der Waals surface area contributed by atoms with Gasteiger partial charge in [0.2, 0.25) is 11.7 Å². The van der Waals surface area contributed by atoms with Gasteiger partial charge in [-0.05, 0) is 66.2 Å². The summed E-state index contributed by atoms with van der Waals surface area (Å²) in [4.78, 5) is 5.59. The highest BCUT2D eigenvalue weighted by Crippen LogP contribution is 2.36. The maximum absolute atomic E-state index is 5.72. The maximum atomic E-state index is 5.72. The number of thiophene rings is 1. The molecule has 6 heteroatoms. The van der Waals surface area contributed by atoms with Crippen LogP contribution in [0, 0.1) is 5.92 Å². The molecule has 102 valence electrons. The fourth-order valence-corrected chi connectivity index (χ4v) is 3.89. The summed E-state index contributed by atoms with van der Waals surface area (Å²) in [5.74, 6) is 2.57. The van der Waals surface area contributed by atoms with Gasteiger partial charge in [0.25, 0.3) is 0 Å². The van der Waals surface area contributed by atoms with Gasteiger partial charge in [0, 0.05) is 5.92 Å². The second-order valence-corrected chi connectivity index (χ2v) is 7.48. The van der Waals surface area contributed by atoms with E-state index in [1.165, 1.54) is 12.8 Å². The number of nitrogens with two attached hydrogens (primary N) is 1. The lowest BCUT2D eigenvalue weighted by molar-refractivity contribution is 0.275. The molecule has 1 fully saturated rings. The van der Waals surface area contributed by atoms with Crippen molar-refractivity contribution in [3.63, 3.8) is 0 Å². The van der Waals surface area contributed by atoms with E-state index in [2.05, 4.69) is 26.1 Å². The van der Waals surface area contributed by atoms with Crippen LogP contribution in [0.25, 0.3) is 10.7 Å². The lowest BCUT2D eigenvalue weighted by Crippen LogP contribution is -2.20. The highest BCUT2D eigenvalue weighted by molar-refractivity contribution is 9.11. The first-order valence-electron chi connectivity index (χ1n) is 6.55. The van der Waals surface area contributed by atoms with Gasteiger partial charge in [-0.3, -0.25) is 0 Å². The summed E-state index contributed by atoms with van der Waals surface area (Å²) in [6.07, 6.45) is 4.56. The van der Waals surface area contributed by atoms with Crippen molar-refractivity contribution in [3.05, 3.63) is 21.8 Å². The Morgan fingerprint density at radius 1 is 1.32 bits per heavy atom. The van der Waals surface area contributed by atoms with Crippen molar-refractivity contribution in [1.82, 2.24) is 10.1 Å². The summed E-state index contributed by atoms with van der Waals surface area (Å²) in [6.45, 7) is 0.797. The van der Waals surface area contributed by atoms with Crippen molar-refractivity contribution < 1.29 is 4.52 Å². The third-order valence-corrected chi connectivity index (χ3v) is 5.38. The molecule has 2 N–H and O–H groups in total. The summed E-state index contributed by atoms with van der Waals surface area (Å²) >= 11 is 5.07. The van der Waals surface area contributed by atoms with Gasteiger partial charge in [0.05, 0.1) is 8.66 Å². The first kappa shape index (κ1) is 13.3. The minimum Gasteiger partial charge on any atom is -0.339 e. The van der Waals surface area contributed by atoms with Crippen molar-refractivity contribution in [2.45, 2.75) is 31.6 Å². The predicted molar refractivity (Wildman–Crippen MR) is 79.1 cm³/mol. The van der Waals surface area contributed by atoms with Crippen molar-refractivity contribution in [2.24, 2.45) is 11.7 Å². The number of hydrogen-bond acceptors (Lipinski definition) is 5. The first-order valence-corrected chi connectivity index (χ1v) is 8.16. The highest BCUT2D eigenvalue weighted by atomic mass is 79.9. The molecule has 0 aliphatic heterocycles. The van der Waals surface area contributed by atoms with Crippen LogP contribution in [0.3, 0.4) is 0 Å². The number of halogens is 1. The fraction of sp³-hybridized carbons (Fsp3) is 0.538. The van der Waals surface area contributed by atoms with Gasteiger partial charge in [-0.15, -0.1) is 11.3 Å². The second kappa shape index (κ2) is 5.73. The fourth-order valence-electron chi connectivity index (χ4n) is 2.58. The molecule has 3 rings (SSSR count). The number of aromatic nitrogens is 2. The second-order valence-electron chi connectivity index (χ2n) is 5.01. The quantitative estimate of drug-likeness (QED) is 0.922. The molecule has 0 amide bonds. The molecule has 1 aliphatic rings. The molecule has 0 spiro atoms. The van der Waals surface area contributed by atoms with Gasteiger partial charge >= 0.3 is 0 Å². The summed E-state index contributed by atoms with van der Waals surface area (Å²) in [6, 6.07) is 4.01. The zero-order valence-electron chi connectivity index (χ0n) is 10.5. The summed E-state index contributed by atoms with van der Waals surface area (Å²) in [5.41, 5.74) is 5.72. The maximum Gasteiger partial charge on any atom is 0.230 e. The van der Waals surface area contributed by atoms with E-state index >= 15 is 0 Å². The zero-order valence-corrected chi connectivity index (χ0v) is 12.9. The van der Waals surface area contributed by atoms with Gasteiger partial charge < -0.3 is 10.3 Å². The predicted octanol–water partition coefficient (Wildman–Crippen LogP) is 3.79. The van der Waals surface area contributed by atoms with Crippen molar-refractivity contribution in [1.29, 1.82) is 0 Å². The molecule has 0 radical (unpaired) electrons. The van der Waals surface area contributed by atoms with Crippen LogP contribution < -0.4 is 5.73 Å². The van der Waals surface area contributed by atoms with Crippen LogP contribution in [0.1, 0.15) is 37.5 Å². The van der Waals surface area contributed by atoms with E-state index in [0.717, 1.165) is 33.9 Å². The van der Waals surface area contributed by atoms with E-state index < -0.39 is 0 Å². The van der Waals surface area contributed by atoms with Crippen LogP contribution in [-0.2, 0) is 0 Å². The van der Waals surface area contributed by atoms with Crippen LogP contribution in [-0.4, -0.2) is 16.7 Å². The first-order chi connectivity index (χ1) is 9.26. The van der Waals surface area contributed by atoms with Crippen molar-refractivity contribution in [2.75, 3.05) is 6.54 Å². The van der Waals surface area contributed by atoms with Crippen molar-refractivity contribution in [3.8, 4) is 10.7 Å². The van der Waals surface area contributed by atoms with Gasteiger partial charge in [0.15, 0.2) is 0 Å². The minimum atomic E-state index is 0.410. The molecule has 1 aliphatic carbocycles. The van der Waals surface area contributed by atoms with Crippen LogP contribution in [0.2, 0.25) is 0 Å². The number of nitrogens with zero attached hydrogens (tertiary/aromatic N) is 2. The van der Waals surface area contributed by atoms with Gasteiger partial charge in [0.1, 0.15) is 0 Å². The number of rotatable bonds is 3. The Hall–Kier alpha value is -0.720. The van der Waals surface area contributed by atoms with Crippen LogP contribution >= 0.6 is 27.3 Å². The molecule has 0 aromatic carbocycles. The average Bonchev–Trinajstić information content (AvgIpc) is 3.07. The van der Waals surface area contributed by atoms with E-state index in [1.54, 1.807) is 11.3 Å². The van der Waals surface area contributed by atoms with E-state index in [0.29, 0.717) is 17.7 Å². The standard InChI is InChI=1S/C13H16BrN3OS/c14-11-6-5-10(19-11)12-16-13(18-17-12)9-3-1-8(7-15)2-4-9/h5-6,8-9H,1-4,7,15H2. The van der Waals surface area contributed by atoms with E-state index in [-0.39, 0.29) is 0 Å². The third kappa shape index (κ3) is 2.90. The van der Waals surface area contributed by atoms with Crippen molar-refractivity contribution >= 4 is 27.3 Å². The average molecular weight is 342 g/mol. The molecule has 2 aromatic rings. The Morgan fingerprint density at radius 2 is 2.11 bits per heavy atom. The Bertz CT molecular complexity index is 546. The molecule has 0 bridgehead atoms. The SMILES string of the molecule is NCC1CCC(c2nc(-c3ccc(Br)s3)no2)CC1. The lowest BCUT2D eigenvalue weighted by Gasteiger charge is -2.24. The van der Waals surface area contributed by atoms with Crippen LogP contribution in [0.5, 0.6) is 0 Å². The van der Waals surface area contributed by atoms with Gasteiger partial charge in [-0.2, -0.15) is 4.98 Å². The normalized spacial score (nSPS) is 23.7. The Labute approximate surface area is 124 Å². The number of hydrogen-bond donors (Lipinski definition) is 1. The molecule has 2 heterocycles. The van der Waals surface area contributed by atoms with Gasteiger partial charge in [-0.1, -0.05) is 5.16 Å². The molecule has 2 aromatic heterocycles. The summed E-state index contributed by atoms with van der Waals surface area (Å²) in [7, 11) is 0. The van der Waals surface area contributed by atoms with E-state index in [9.17, 15) is 0 Å². The summed E-state index contributed by atoms with van der Waals surface area (Å²) in [5, 5.41) is 4.09. The monoisotopic (exact) mass is 341 g/mol. The third-order valence-electron chi connectivity index (χ3n) is 3.76. The molecule has 0 atom stereocenters. The summed E-state index contributed by atoms with van der Waals surface area (Å²) < 4.78 is 6.52. The van der Waals surface area contributed by atoms with E-state index in [1.807, 2.05) is 12.1 Å². The molecule has 1 saturated carbocycles. The molecule has 4 nitrogen and oxygen atoms in total. The lowest BCUT2D eigenvalue weighted by atomic mass is 9.82. The molecular weight excluding hydrogens is 326 g/mol. The zero-order chi connectivity index (χ0) is 13.2. The molecule has 0 unspecified atom stereocenters. The molecule has 19 heavy (non-hydrogen) atoms. The largest absolute Gasteiger partial charge is 0.339 e. The van der Waals surface area contributed by atoms with E-state index in [4.69, 9.17) is 10.3 Å². The Morgan fingerprint density at radius 3 is 2.74 bits per heavy atom. The highest BCUT2D eigenvalue weighted by Gasteiger charge is 2.26. The minimum absolute atomic E-state index is 0.410. The topological polar surface area (TPSA) is 64.9 Å². The Kier molecular flexibility index (Phi) is 4.00. The van der Waals surface area contributed by atoms with Crippen LogP contribution in [0.4, 0.5) is 0 Å².